The number of hydrogen-bond acceptors (Lipinski definition) is 7. The van der Waals surface area contributed by atoms with Crippen LogP contribution in [0.25, 0.3) is 0 Å². The fourth-order valence-electron chi connectivity index (χ4n) is 1.04. The standard InChI is InChI=1S/C10H16N2O6S/c1-3-18-10(16)8(12-17)5-19-4-7(9(14)15)11-6(2)13/h7,17H,3-5H2,1-2H3,(H,11,13)(H,14,15)/b12-8-. The van der Waals surface area contributed by atoms with Gasteiger partial charge in [-0.3, -0.25) is 4.79 Å². The molecule has 1 atom stereocenters. The van der Waals surface area contributed by atoms with Gasteiger partial charge >= 0.3 is 11.9 Å². The molecule has 1 amide bonds. The van der Waals surface area contributed by atoms with Crippen LogP contribution in [0.2, 0.25) is 0 Å². The molecule has 0 radical (unpaired) electrons. The molecule has 0 fully saturated rings. The zero-order valence-electron chi connectivity index (χ0n) is 10.6. The monoisotopic (exact) mass is 292 g/mol. The number of rotatable bonds is 8. The molecular weight excluding hydrogens is 276 g/mol. The van der Waals surface area contributed by atoms with E-state index in [-0.39, 0.29) is 23.8 Å². The summed E-state index contributed by atoms with van der Waals surface area (Å²) in [6, 6.07) is -1.07. The highest BCUT2D eigenvalue weighted by Crippen LogP contribution is 2.05. The molecule has 0 saturated carbocycles. The molecule has 0 heterocycles. The van der Waals surface area contributed by atoms with Crippen LogP contribution >= 0.6 is 11.8 Å². The second-order valence-corrected chi connectivity index (χ2v) is 4.40. The minimum absolute atomic E-state index is 0.0152. The van der Waals surface area contributed by atoms with E-state index in [9.17, 15) is 14.4 Å². The van der Waals surface area contributed by atoms with Crippen LogP contribution in [0.1, 0.15) is 13.8 Å². The van der Waals surface area contributed by atoms with E-state index in [2.05, 4.69) is 15.2 Å². The third kappa shape index (κ3) is 7.29. The molecule has 0 aliphatic carbocycles. The van der Waals surface area contributed by atoms with Crippen molar-refractivity contribution in [2.45, 2.75) is 19.9 Å². The van der Waals surface area contributed by atoms with Crippen LogP contribution in [0, 0.1) is 0 Å². The molecule has 0 aromatic rings. The predicted octanol–water partition coefficient (Wildman–Crippen LogP) is -0.298. The lowest BCUT2D eigenvalue weighted by Gasteiger charge is -2.12. The molecule has 0 bridgehead atoms. The number of carbonyl (C=O) groups is 3. The first-order chi connectivity index (χ1) is 8.92. The summed E-state index contributed by atoms with van der Waals surface area (Å²) in [5.74, 6) is -2.38. The van der Waals surface area contributed by atoms with Crippen LogP contribution < -0.4 is 5.32 Å². The quantitative estimate of drug-likeness (QED) is 0.243. The lowest BCUT2D eigenvalue weighted by atomic mass is 10.3. The van der Waals surface area contributed by atoms with Gasteiger partial charge in [-0.25, -0.2) is 9.59 Å². The number of esters is 1. The summed E-state index contributed by atoms with van der Waals surface area (Å²) in [4.78, 5) is 32.9. The average molecular weight is 292 g/mol. The molecule has 8 nitrogen and oxygen atoms in total. The first-order valence-electron chi connectivity index (χ1n) is 5.38. The molecule has 0 aliphatic rings. The van der Waals surface area contributed by atoms with Crippen molar-refractivity contribution in [1.82, 2.24) is 5.32 Å². The summed E-state index contributed by atoms with van der Waals surface area (Å²) in [5.41, 5.74) is -0.209. The number of nitrogens with zero attached hydrogens (tertiary/aromatic N) is 1. The maximum absolute atomic E-state index is 11.2. The van der Waals surface area contributed by atoms with Crippen molar-refractivity contribution in [2.75, 3.05) is 18.1 Å². The van der Waals surface area contributed by atoms with Crippen LogP contribution in [0.5, 0.6) is 0 Å². The number of aliphatic carboxylic acids is 1. The highest BCUT2D eigenvalue weighted by Gasteiger charge is 2.20. The van der Waals surface area contributed by atoms with Gasteiger partial charge in [-0.2, -0.15) is 11.8 Å². The van der Waals surface area contributed by atoms with Gasteiger partial charge in [0.25, 0.3) is 0 Å². The minimum atomic E-state index is -1.18. The third-order valence-corrected chi connectivity index (χ3v) is 2.88. The van der Waals surface area contributed by atoms with Gasteiger partial charge in [0, 0.05) is 18.4 Å². The van der Waals surface area contributed by atoms with Gasteiger partial charge in [-0.1, -0.05) is 5.16 Å². The number of carbonyl (C=O) groups excluding carboxylic acids is 2. The maximum atomic E-state index is 11.2. The number of nitrogens with one attached hydrogen (secondary N) is 1. The lowest BCUT2D eigenvalue weighted by molar-refractivity contribution is -0.140. The average Bonchev–Trinajstić information content (AvgIpc) is 2.32. The smallest absolute Gasteiger partial charge is 0.356 e. The zero-order chi connectivity index (χ0) is 14.8. The molecule has 0 aliphatic heterocycles. The lowest BCUT2D eigenvalue weighted by Crippen LogP contribution is -2.41. The van der Waals surface area contributed by atoms with E-state index >= 15 is 0 Å². The van der Waals surface area contributed by atoms with Crippen LogP contribution in [-0.2, 0) is 19.1 Å². The number of thioether (sulfide) groups is 1. The van der Waals surface area contributed by atoms with E-state index in [0.29, 0.717) is 0 Å². The van der Waals surface area contributed by atoms with Crippen molar-refractivity contribution in [3.05, 3.63) is 0 Å². The molecule has 19 heavy (non-hydrogen) atoms. The molecule has 0 spiro atoms. The topological polar surface area (TPSA) is 125 Å². The Bertz CT molecular complexity index is 371. The van der Waals surface area contributed by atoms with Crippen LogP contribution in [0.4, 0.5) is 0 Å². The highest BCUT2D eigenvalue weighted by molar-refractivity contribution is 8.00. The summed E-state index contributed by atoms with van der Waals surface area (Å²) < 4.78 is 4.64. The Hall–Kier alpha value is -1.77. The van der Waals surface area contributed by atoms with E-state index in [1.165, 1.54) is 6.92 Å². The molecule has 0 aromatic carbocycles. The van der Waals surface area contributed by atoms with Gasteiger partial charge in [0.2, 0.25) is 5.91 Å². The maximum Gasteiger partial charge on any atom is 0.356 e. The van der Waals surface area contributed by atoms with Crippen LogP contribution in [0.3, 0.4) is 0 Å². The van der Waals surface area contributed by atoms with Crippen molar-refractivity contribution in [1.29, 1.82) is 0 Å². The fraction of sp³-hybridized carbons (Fsp3) is 0.600. The molecule has 0 saturated heterocycles. The summed E-state index contributed by atoms with van der Waals surface area (Å²) in [5, 5.41) is 22.5. The second-order valence-electron chi connectivity index (χ2n) is 3.37. The Morgan fingerprint density at radius 1 is 1.42 bits per heavy atom. The predicted molar refractivity (Wildman–Crippen MR) is 68.4 cm³/mol. The summed E-state index contributed by atoms with van der Waals surface area (Å²) >= 11 is 1.03. The Morgan fingerprint density at radius 3 is 2.47 bits per heavy atom. The van der Waals surface area contributed by atoms with Crippen LogP contribution in [-0.4, -0.2) is 58.0 Å². The molecule has 9 heteroatoms. The SMILES string of the molecule is CCOC(=O)/C(CSCC(NC(C)=O)C(=O)O)=N\O. The van der Waals surface area contributed by atoms with Crippen LogP contribution in [0.15, 0.2) is 5.16 Å². The molecule has 1 unspecified atom stereocenters. The van der Waals surface area contributed by atoms with E-state index in [1.807, 2.05) is 0 Å². The number of carboxylic acids is 1. The third-order valence-electron chi connectivity index (χ3n) is 1.83. The van der Waals surface area contributed by atoms with Gasteiger partial charge < -0.3 is 20.4 Å². The van der Waals surface area contributed by atoms with Crippen molar-refractivity contribution < 1.29 is 29.4 Å². The molecular formula is C10H16N2O6S. The van der Waals surface area contributed by atoms with E-state index in [1.54, 1.807) is 6.92 Å². The normalized spacial score (nSPS) is 12.6. The zero-order valence-corrected chi connectivity index (χ0v) is 11.4. The number of amides is 1. The minimum Gasteiger partial charge on any atom is -0.480 e. The van der Waals surface area contributed by atoms with Gasteiger partial charge in [0.05, 0.1) is 6.61 Å². The summed E-state index contributed by atoms with van der Waals surface area (Å²) in [6.45, 7) is 2.96. The Morgan fingerprint density at radius 2 is 2.05 bits per heavy atom. The van der Waals surface area contributed by atoms with E-state index < -0.39 is 23.9 Å². The van der Waals surface area contributed by atoms with E-state index in [4.69, 9.17) is 10.3 Å². The number of ether oxygens (including phenoxy) is 1. The highest BCUT2D eigenvalue weighted by atomic mass is 32.2. The van der Waals surface area contributed by atoms with Crippen molar-refractivity contribution in [3.63, 3.8) is 0 Å². The van der Waals surface area contributed by atoms with Gasteiger partial charge in [-0.05, 0) is 6.92 Å². The fourth-order valence-corrected chi connectivity index (χ4v) is 1.98. The second kappa shape index (κ2) is 9.20. The van der Waals surface area contributed by atoms with Gasteiger partial charge in [0.15, 0.2) is 5.71 Å². The summed E-state index contributed by atoms with van der Waals surface area (Å²) in [7, 11) is 0. The van der Waals surface area contributed by atoms with Crippen molar-refractivity contribution in [3.8, 4) is 0 Å². The van der Waals surface area contributed by atoms with Gasteiger partial charge in [-0.15, -0.1) is 0 Å². The Labute approximate surface area is 114 Å². The van der Waals surface area contributed by atoms with Gasteiger partial charge in [0.1, 0.15) is 6.04 Å². The first kappa shape index (κ1) is 17.2. The molecule has 0 rings (SSSR count). The Balaban J connectivity index is 4.27. The first-order valence-corrected chi connectivity index (χ1v) is 6.53. The molecule has 108 valence electrons. The number of hydrogen-bond donors (Lipinski definition) is 3. The van der Waals surface area contributed by atoms with Crippen molar-refractivity contribution in [2.24, 2.45) is 5.16 Å². The Kier molecular flexibility index (Phi) is 8.34. The summed E-state index contributed by atoms with van der Waals surface area (Å²) in [6.07, 6.45) is 0. The van der Waals surface area contributed by atoms with Crippen molar-refractivity contribution >= 4 is 35.3 Å². The number of oxime groups is 1. The molecule has 0 aromatic heterocycles. The number of carboxylic acid groups (broad SMARTS) is 1. The largest absolute Gasteiger partial charge is 0.480 e. The molecule has 3 N–H and O–H groups in total. The van der Waals surface area contributed by atoms with E-state index in [0.717, 1.165) is 11.8 Å².